The van der Waals surface area contributed by atoms with Crippen LogP contribution in [-0.4, -0.2) is 45.0 Å². The highest BCUT2D eigenvalue weighted by Gasteiger charge is 2.21. The number of rotatable bonds is 5. The molecule has 1 fully saturated rings. The fourth-order valence-electron chi connectivity index (χ4n) is 2.52. The predicted octanol–water partition coefficient (Wildman–Crippen LogP) is 0.963. The van der Waals surface area contributed by atoms with Gasteiger partial charge < -0.3 is 4.90 Å². The first-order valence-electron chi connectivity index (χ1n) is 7.06. The lowest BCUT2D eigenvalue weighted by atomic mass is 9.94. The molecule has 0 radical (unpaired) electrons. The first kappa shape index (κ1) is 15.9. The van der Waals surface area contributed by atoms with E-state index in [1.165, 1.54) is 18.3 Å². The van der Waals surface area contributed by atoms with Crippen LogP contribution in [0.2, 0.25) is 0 Å². The molecule has 0 aliphatic carbocycles. The summed E-state index contributed by atoms with van der Waals surface area (Å²) in [4.78, 5) is 6.03. The molecule has 1 N–H and O–H groups in total. The van der Waals surface area contributed by atoms with Crippen molar-refractivity contribution in [3.05, 3.63) is 24.0 Å². The first-order valence-corrected chi connectivity index (χ1v) is 8.54. The zero-order valence-electron chi connectivity index (χ0n) is 12.1. The Morgan fingerprint density at radius 1 is 1.48 bits per heavy atom. The highest BCUT2D eigenvalue weighted by molar-refractivity contribution is 7.89. The minimum atomic E-state index is -3.66. The van der Waals surface area contributed by atoms with Crippen molar-refractivity contribution in [2.75, 3.05) is 26.7 Å². The molecule has 2 rings (SSSR count). The van der Waals surface area contributed by atoms with Gasteiger partial charge in [-0.1, -0.05) is 0 Å². The molecule has 0 unspecified atom stereocenters. The highest BCUT2D eigenvalue weighted by atomic mass is 32.2. The van der Waals surface area contributed by atoms with E-state index in [1.54, 1.807) is 0 Å². The van der Waals surface area contributed by atoms with Gasteiger partial charge in [0.15, 0.2) is 5.69 Å². The number of piperidine rings is 1. The van der Waals surface area contributed by atoms with Crippen LogP contribution in [0.4, 0.5) is 0 Å². The second-order valence-electron chi connectivity index (χ2n) is 5.40. The van der Waals surface area contributed by atoms with Gasteiger partial charge in [0.05, 0.1) is 0 Å². The molecule has 1 aromatic heterocycles. The maximum Gasteiger partial charge on any atom is 0.243 e. The molecule has 1 aliphatic rings. The number of hydrogen-bond donors (Lipinski definition) is 1. The van der Waals surface area contributed by atoms with Crippen LogP contribution in [0.25, 0.3) is 0 Å². The summed E-state index contributed by atoms with van der Waals surface area (Å²) < 4.78 is 27.0. The van der Waals surface area contributed by atoms with E-state index < -0.39 is 10.0 Å². The standard InChI is InChI=1S/C14H20N4O2S/c1-18-9-5-12(6-10-18)4-8-17-21(19,20)14-3-2-7-16-13(14)11-15/h2-3,7,12,17H,4-6,8-10H2,1H3. The van der Waals surface area contributed by atoms with Crippen LogP contribution in [0.15, 0.2) is 23.2 Å². The second kappa shape index (κ2) is 6.98. The number of sulfonamides is 1. The van der Waals surface area contributed by atoms with Gasteiger partial charge in [0.2, 0.25) is 10.0 Å². The summed E-state index contributed by atoms with van der Waals surface area (Å²) >= 11 is 0. The Bertz CT molecular complexity index is 616. The Morgan fingerprint density at radius 3 is 2.86 bits per heavy atom. The summed E-state index contributed by atoms with van der Waals surface area (Å²) in [5.74, 6) is 0.563. The van der Waals surface area contributed by atoms with E-state index in [2.05, 4.69) is 21.7 Å². The Morgan fingerprint density at radius 2 is 2.19 bits per heavy atom. The zero-order valence-corrected chi connectivity index (χ0v) is 12.9. The van der Waals surface area contributed by atoms with Crippen LogP contribution in [0.1, 0.15) is 25.0 Å². The normalized spacial score (nSPS) is 17.5. The predicted molar refractivity (Wildman–Crippen MR) is 79.0 cm³/mol. The fraction of sp³-hybridized carbons (Fsp3) is 0.571. The van der Waals surface area contributed by atoms with Crippen LogP contribution in [0, 0.1) is 17.2 Å². The largest absolute Gasteiger partial charge is 0.306 e. The van der Waals surface area contributed by atoms with Gasteiger partial charge in [-0.3, -0.25) is 0 Å². The molecule has 2 heterocycles. The molecule has 1 saturated heterocycles. The second-order valence-corrected chi connectivity index (χ2v) is 7.13. The molecule has 0 saturated carbocycles. The lowest BCUT2D eigenvalue weighted by Crippen LogP contribution is -2.33. The van der Waals surface area contributed by atoms with Gasteiger partial charge in [-0.2, -0.15) is 5.26 Å². The zero-order chi connectivity index (χ0) is 15.3. The van der Waals surface area contributed by atoms with Crippen LogP contribution in [0.5, 0.6) is 0 Å². The molecule has 7 heteroatoms. The van der Waals surface area contributed by atoms with Gasteiger partial charge in [-0.05, 0) is 57.5 Å². The Labute approximate surface area is 125 Å². The van der Waals surface area contributed by atoms with E-state index in [-0.39, 0.29) is 10.6 Å². The molecule has 0 aromatic carbocycles. The van der Waals surface area contributed by atoms with E-state index in [0.29, 0.717) is 12.5 Å². The molecular weight excluding hydrogens is 288 g/mol. The summed E-state index contributed by atoms with van der Waals surface area (Å²) in [5, 5.41) is 8.93. The molecule has 114 valence electrons. The van der Waals surface area contributed by atoms with Crippen molar-refractivity contribution in [3.8, 4) is 6.07 Å². The SMILES string of the molecule is CN1CCC(CCNS(=O)(=O)c2cccnc2C#N)CC1. The topological polar surface area (TPSA) is 86.1 Å². The van der Waals surface area contributed by atoms with Crippen LogP contribution < -0.4 is 4.72 Å². The molecule has 21 heavy (non-hydrogen) atoms. The van der Waals surface area contributed by atoms with Gasteiger partial charge in [-0.15, -0.1) is 0 Å². The van der Waals surface area contributed by atoms with Gasteiger partial charge in [0.1, 0.15) is 11.0 Å². The van der Waals surface area contributed by atoms with Crippen molar-refractivity contribution in [2.24, 2.45) is 5.92 Å². The smallest absolute Gasteiger partial charge is 0.243 e. The van der Waals surface area contributed by atoms with Gasteiger partial charge in [0.25, 0.3) is 0 Å². The maximum absolute atomic E-state index is 12.2. The van der Waals surface area contributed by atoms with Gasteiger partial charge in [0, 0.05) is 12.7 Å². The maximum atomic E-state index is 12.2. The molecule has 0 amide bonds. The number of pyridine rings is 1. The van der Waals surface area contributed by atoms with Gasteiger partial charge >= 0.3 is 0 Å². The summed E-state index contributed by atoms with van der Waals surface area (Å²) in [6.45, 7) is 2.54. The summed E-state index contributed by atoms with van der Waals surface area (Å²) in [6.07, 6.45) is 4.45. The van der Waals surface area contributed by atoms with Crippen molar-refractivity contribution in [1.29, 1.82) is 5.26 Å². The number of hydrogen-bond acceptors (Lipinski definition) is 5. The van der Waals surface area contributed by atoms with E-state index >= 15 is 0 Å². The van der Waals surface area contributed by atoms with Crippen molar-refractivity contribution in [1.82, 2.24) is 14.6 Å². The lowest BCUT2D eigenvalue weighted by molar-refractivity contribution is 0.213. The Hall–Kier alpha value is -1.49. The third-order valence-corrected chi connectivity index (χ3v) is 5.34. The third kappa shape index (κ3) is 4.24. The highest BCUT2D eigenvalue weighted by Crippen LogP contribution is 2.19. The molecule has 0 bridgehead atoms. The molecular formula is C14H20N4O2S. The molecule has 1 aliphatic heterocycles. The molecule has 0 atom stereocenters. The number of likely N-dealkylation sites (tertiary alicyclic amines) is 1. The van der Waals surface area contributed by atoms with Crippen molar-refractivity contribution < 1.29 is 8.42 Å². The average molecular weight is 308 g/mol. The first-order chi connectivity index (χ1) is 10.0. The van der Waals surface area contributed by atoms with Crippen molar-refractivity contribution in [3.63, 3.8) is 0 Å². The van der Waals surface area contributed by atoms with Gasteiger partial charge in [-0.25, -0.2) is 18.1 Å². The van der Waals surface area contributed by atoms with E-state index in [1.807, 2.05) is 6.07 Å². The quantitative estimate of drug-likeness (QED) is 0.875. The van der Waals surface area contributed by atoms with Crippen molar-refractivity contribution in [2.45, 2.75) is 24.2 Å². The minimum absolute atomic E-state index is 0.0455. The third-order valence-electron chi connectivity index (χ3n) is 3.85. The van der Waals surface area contributed by atoms with Crippen molar-refractivity contribution >= 4 is 10.0 Å². The number of nitrogens with zero attached hydrogens (tertiary/aromatic N) is 3. The Balaban J connectivity index is 1.91. The summed E-state index contributed by atoms with van der Waals surface area (Å²) in [6, 6.07) is 4.74. The van der Waals surface area contributed by atoms with E-state index in [9.17, 15) is 8.42 Å². The summed E-state index contributed by atoms with van der Waals surface area (Å²) in [7, 11) is -1.56. The lowest BCUT2D eigenvalue weighted by Gasteiger charge is -2.28. The van der Waals surface area contributed by atoms with Crippen LogP contribution in [0.3, 0.4) is 0 Å². The average Bonchev–Trinajstić information content (AvgIpc) is 2.49. The molecule has 6 nitrogen and oxygen atoms in total. The van der Waals surface area contributed by atoms with Crippen LogP contribution >= 0.6 is 0 Å². The fourth-order valence-corrected chi connectivity index (χ4v) is 3.67. The monoisotopic (exact) mass is 308 g/mol. The van der Waals surface area contributed by atoms with E-state index in [0.717, 1.165) is 32.4 Å². The minimum Gasteiger partial charge on any atom is -0.306 e. The molecule has 1 aromatic rings. The number of nitrogens with one attached hydrogen (secondary N) is 1. The molecule has 0 spiro atoms. The van der Waals surface area contributed by atoms with E-state index in [4.69, 9.17) is 5.26 Å². The number of nitriles is 1. The van der Waals surface area contributed by atoms with Crippen LogP contribution in [-0.2, 0) is 10.0 Å². The summed E-state index contributed by atoms with van der Waals surface area (Å²) in [5.41, 5.74) is -0.0655. The number of aromatic nitrogens is 1. The Kier molecular flexibility index (Phi) is 5.28.